The Labute approximate surface area is 216 Å². The fourth-order valence-corrected chi connectivity index (χ4v) is 4.80. The van der Waals surface area contributed by atoms with E-state index in [1.807, 2.05) is 60.7 Å². The van der Waals surface area contributed by atoms with E-state index < -0.39 is 17.7 Å². The van der Waals surface area contributed by atoms with E-state index >= 15 is 0 Å². The summed E-state index contributed by atoms with van der Waals surface area (Å²) in [5.41, 5.74) is 2.34. The highest BCUT2D eigenvalue weighted by Gasteiger charge is 2.46. The highest BCUT2D eigenvalue weighted by Crippen LogP contribution is 2.40. The molecule has 0 radical (unpaired) electrons. The molecule has 190 valence electrons. The third kappa shape index (κ3) is 5.58. The lowest BCUT2D eigenvalue weighted by atomic mass is 9.95. The molecular formula is C30H30N2O5. The lowest BCUT2D eigenvalue weighted by Crippen LogP contribution is -2.42. The second kappa shape index (κ2) is 11.4. The average molecular weight is 499 g/mol. The molecule has 7 heteroatoms. The van der Waals surface area contributed by atoms with Crippen LogP contribution < -0.4 is 4.74 Å². The van der Waals surface area contributed by atoms with Crippen molar-refractivity contribution in [3.05, 3.63) is 107 Å². The Kier molecular flexibility index (Phi) is 7.63. The van der Waals surface area contributed by atoms with Crippen molar-refractivity contribution in [3.63, 3.8) is 0 Å². The van der Waals surface area contributed by atoms with Crippen LogP contribution in [0.3, 0.4) is 0 Å². The number of likely N-dealkylation sites (tertiary alicyclic amines) is 1. The summed E-state index contributed by atoms with van der Waals surface area (Å²) in [6, 6.07) is 25.4. The lowest BCUT2D eigenvalue weighted by molar-refractivity contribution is -0.140. The van der Waals surface area contributed by atoms with Crippen molar-refractivity contribution < 1.29 is 24.2 Å². The van der Waals surface area contributed by atoms with Crippen LogP contribution in [0.1, 0.15) is 22.7 Å². The van der Waals surface area contributed by atoms with E-state index in [2.05, 4.69) is 4.90 Å². The predicted molar refractivity (Wildman–Crippen MR) is 140 cm³/mol. The first-order valence-corrected chi connectivity index (χ1v) is 12.5. The Morgan fingerprint density at radius 2 is 1.59 bits per heavy atom. The Hall–Kier alpha value is -3.94. The number of amides is 1. The van der Waals surface area contributed by atoms with Crippen LogP contribution in [0, 0.1) is 0 Å². The number of hydrogen-bond donors (Lipinski definition) is 1. The molecule has 0 bridgehead atoms. The van der Waals surface area contributed by atoms with Crippen molar-refractivity contribution in [3.8, 4) is 5.75 Å². The number of hydrogen-bond acceptors (Lipinski definition) is 6. The van der Waals surface area contributed by atoms with Crippen LogP contribution in [0.15, 0.2) is 90.5 Å². The van der Waals surface area contributed by atoms with E-state index in [-0.39, 0.29) is 11.3 Å². The monoisotopic (exact) mass is 498 g/mol. The van der Waals surface area contributed by atoms with E-state index in [9.17, 15) is 14.7 Å². The van der Waals surface area contributed by atoms with Crippen molar-refractivity contribution in [2.45, 2.75) is 12.6 Å². The molecule has 1 unspecified atom stereocenters. The summed E-state index contributed by atoms with van der Waals surface area (Å²) in [4.78, 5) is 30.3. The Morgan fingerprint density at radius 3 is 2.32 bits per heavy atom. The number of morpholine rings is 1. The zero-order chi connectivity index (χ0) is 25.6. The van der Waals surface area contributed by atoms with Gasteiger partial charge in [0.25, 0.3) is 11.7 Å². The van der Waals surface area contributed by atoms with Crippen LogP contribution in [-0.4, -0.2) is 66.0 Å². The van der Waals surface area contributed by atoms with Crippen LogP contribution in [0.4, 0.5) is 0 Å². The second-order valence-electron chi connectivity index (χ2n) is 9.16. The van der Waals surface area contributed by atoms with Gasteiger partial charge in [0.15, 0.2) is 0 Å². The van der Waals surface area contributed by atoms with E-state index in [1.165, 1.54) is 0 Å². The van der Waals surface area contributed by atoms with Crippen molar-refractivity contribution in [2.75, 3.05) is 39.4 Å². The van der Waals surface area contributed by atoms with Gasteiger partial charge in [-0.15, -0.1) is 0 Å². The molecule has 0 aromatic heterocycles. The SMILES string of the molecule is O=C1C(=O)N(CCN2CCOCC2)C(c2cccc(OCc3ccccc3)c2)C1=C(O)c1ccccc1. The minimum Gasteiger partial charge on any atom is -0.507 e. The molecule has 3 aromatic rings. The van der Waals surface area contributed by atoms with Gasteiger partial charge in [-0.25, -0.2) is 0 Å². The lowest BCUT2D eigenvalue weighted by Gasteiger charge is -2.31. The summed E-state index contributed by atoms with van der Waals surface area (Å²) in [6.45, 7) is 4.22. The maximum atomic E-state index is 13.3. The molecule has 0 saturated carbocycles. The van der Waals surface area contributed by atoms with Crippen LogP contribution in [-0.2, 0) is 20.9 Å². The number of benzene rings is 3. The maximum Gasteiger partial charge on any atom is 0.295 e. The van der Waals surface area contributed by atoms with E-state index in [4.69, 9.17) is 9.47 Å². The Balaban J connectivity index is 1.48. The molecule has 2 aliphatic rings. The predicted octanol–water partition coefficient (Wildman–Crippen LogP) is 4.02. The fraction of sp³-hybridized carbons (Fsp3) is 0.267. The molecule has 2 saturated heterocycles. The number of ketones is 1. The summed E-state index contributed by atoms with van der Waals surface area (Å²) < 4.78 is 11.5. The molecule has 3 aromatic carbocycles. The van der Waals surface area contributed by atoms with Gasteiger partial charge >= 0.3 is 0 Å². The first-order valence-electron chi connectivity index (χ1n) is 12.5. The van der Waals surface area contributed by atoms with E-state index in [0.717, 1.165) is 18.7 Å². The maximum absolute atomic E-state index is 13.3. The summed E-state index contributed by atoms with van der Waals surface area (Å²) in [5, 5.41) is 11.2. The van der Waals surface area contributed by atoms with Crippen molar-refractivity contribution in [1.82, 2.24) is 9.80 Å². The summed E-state index contributed by atoms with van der Waals surface area (Å²) in [5.74, 6) is -0.830. The quantitative estimate of drug-likeness (QED) is 0.287. The van der Waals surface area contributed by atoms with Crippen molar-refractivity contribution >= 4 is 17.4 Å². The highest BCUT2D eigenvalue weighted by molar-refractivity contribution is 6.46. The number of Topliss-reactive ketones (excluding diaryl/α,β-unsaturated/α-hetero) is 1. The summed E-state index contributed by atoms with van der Waals surface area (Å²) >= 11 is 0. The fourth-order valence-electron chi connectivity index (χ4n) is 4.80. The molecule has 2 fully saturated rings. The molecular weight excluding hydrogens is 468 g/mol. The zero-order valence-electron chi connectivity index (χ0n) is 20.6. The zero-order valence-corrected chi connectivity index (χ0v) is 20.6. The molecule has 0 spiro atoms. The van der Waals surface area contributed by atoms with Gasteiger partial charge in [0.05, 0.1) is 24.8 Å². The smallest absolute Gasteiger partial charge is 0.295 e. The van der Waals surface area contributed by atoms with Crippen LogP contribution in [0.5, 0.6) is 5.75 Å². The van der Waals surface area contributed by atoms with Crippen molar-refractivity contribution in [2.24, 2.45) is 0 Å². The third-order valence-electron chi connectivity index (χ3n) is 6.77. The Morgan fingerprint density at radius 1 is 0.892 bits per heavy atom. The molecule has 1 N–H and O–H groups in total. The summed E-state index contributed by atoms with van der Waals surface area (Å²) in [7, 11) is 0. The van der Waals surface area contributed by atoms with Gasteiger partial charge in [0.1, 0.15) is 18.1 Å². The minimum absolute atomic E-state index is 0.0957. The van der Waals surface area contributed by atoms with Gasteiger partial charge < -0.3 is 19.5 Å². The normalized spacial score (nSPS) is 19.8. The largest absolute Gasteiger partial charge is 0.507 e. The average Bonchev–Trinajstić information content (AvgIpc) is 3.21. The van der Waals surface area contributed by atoms with E-state index in [1.54, 1.807) is 29.2 Å². The van der Waals surface area contributed by atoms with Gasteiger partial charge in [0.2, 0.25) is 0 Å². The molecule has 1 amide bonds. The van der Waals surface area contributed by atoms with Crippen LogP contribution >= 0.6 is 0 Å². The van der Waals surface area contributed by atoms with Gasteiger partial charge in [-0.2, -0.15) is 0 Å². The molecule has 2 aliphatic heterocycles. The number of ether oxygens (including phenoxy) is 2. The second-order valence-corrected chi connectivity index (χ2v) is 9.16. The third-order valence-corrected chi connectivity index (χ3v) is 6.77. The number of carbonyl (C=O) groups is 2. The first-order chi connectivity index (χ1) is 18.1. The number of carbonyl (C=O) groups excluding carboxylic acids is 2. The first kappa shape index (κ1) is 24.7. The molecule has 2 heterocycles. The number of nitrogens with zero attached hydrogens (tertiary/aromatic N) is 2. The van der Waals surface area contributed by atoms with Crippen LogP contribution in [0.2, 0.25) is 0 Å². The number of aliphatic hydroxyl groups is 1. The molecule has 7 nitrogen and oxygen atoms in total. The van der Waals surface area contributed by atoms with Gasteiger partial charge in [-0.3, -0.25) is 14.5 Å². The van der Waals surface area contributed by atoms with Crippen molar-refractivity contribution in [1.29, 1.82) is 0 Å². The van der Waals surface area contributed by atoms with E-state index in [0.29, 0.717) is 49.8 Å². The molecule has 0 aliphatic carbocycles. The molecule has 37 heavy (non-hydrogen) atoms. The van der Waals surface area contributed by atoms with Crippen LogP contribution in [0.25, 0.3) is 5.76 Å². The molecule has 5 rings (SSSR count). The number of rotatable bonds is 8. The van der Waals surface area contributed by atoms with Gasteiger partial charge in [-0.1, -0.05) is 72.8 Å². The van der Waals surface area contributed by atoms with Gasteiger partial charge in [-0.05, 0) is 23.3 Å². The molecule has 1 atom stereocenters. The minimum atomic E-state index is -0.721. The Bertz CT molecular complexity index is 1270. The highest BCUT2D eigenvalue weighted by atomic mass is 16.5. The topological polar surface area (TPSA) is 79.3 Å². The van der Waals surface area contributed by atoms with Gasteiger partial charge in [0, 0.05) is 31.7 Å². The summed E-state index contributed by atoms with van der Waals surface area (Å²) in [6.07, 6.45) is 0. The number of aliphatic hydroxyl groups excluding tert-OH is 1. The standard InChI is InChI=1S/C30H30N2O5/c33-28(23-10-5-2-6-11-23)26-27(32(30(35)29(26)34)15-14-31-16-18-36-19-17-31)24-12-7-13-25(20-24)37-21-22-8-3-1-4-9-22/h1-13,20,27,33H,14-19,21H2.